The van der Waals surface area contributed by atoms with Crippen LogP contribution >= 0.6 is 11.8 Å². The molecule has 0 bridgehead atoms. The van der Waals surface area contributed by atoms with Crippen LogP contribution < -0.4 is 0 Å². The number of carbonyl (C=O) groups is 1. The Kier molecular flexibility index (Phi) is 3.77. The fraction of sp³-hybridized carbons (Fsp3) is 0.214. The van der Waals surface area contributed by atoms with Crippen molar-refractivity contribution in [2.75, 3.05) is 0 Å². The number of aromatic carboxylic acids is 1. The molecule has 0 saturated heterocycles. The minimum Gasteiger partial charge on any atom is -0.475 e. The maximum atomic E-state index is 10.9. The lowest BCUT2D eigenvalue weighted by Crippen LogP contribution is -1.94. The zero-order chi connectivity index (χ0) is 13.1. The highest BCUT2D eigenvalue weighted by Gasteiger charge is 2.14. The first-order valence-electron chi connectivity index (χ1n) is 5.59. The Morgan fingerprint density at radius 3 is 2.61 bits per heavy atom. The normalized spacial score (nSPS) is 10.6. The molecule has 3 nitrogen and oxygen atoms in total. The van der Waals surface area contributed by atoms with Crippen LogP contribution in [0.4, 0.5) is 0 Å². The maximum Gasteiger partial charge on any atom is 0.372 e. The van der Waals surface area contributed by atoms with Gasteiger partial charge in [-0.25, -0.2) is 4.79 Å². The van der Waals surface area contributed by atoms with Crippen molar-refractivity contribution in [1.29, 1.82) is 0 Å². The summed E-state index contributed by atoms with van der Waals surface area (Å²) in [6.07, 6.45) is 0. The van der Waals surface area contributed by atoms with Crippen molar-refractivity contribution in [2.24, 2.45) is 0 Å². The summed E-state index contributed by atoms with van der Waals surface area (Å²) in [5.74, 6) is 0.354. The molecule has 18 heavy (non-hydrogen) atoms. The van der Waals surface area contributed by atoms with E-state index in [9.17, 15) is 4.79 Å². The van der Waals surface area contributed by atoms with Gasteiger partial charge in [-0.15, -0.1) is 11.8 Å². The van der Waals surface area contributed by atoms with Crippen LogP contribution in [0.15, 0.2) is 39.6 Å². The lowest BCUT2D eigenvalue weighted by atomic mass is 10.2. The zero-order valence-electron chi connectivity index (χ0n) is 10.3. The van der Waals surface area contributed by atoms with Crippen molar-refractivity contribution in [3.8, 4) is 0 Å². The van der Waals surface area contributed by atoms with Crippen molar-refractivity contribution in [3.63, 3.8) is 0 Å². The molecule has 1 N–H and O–H groups in total. The summed E-state index contributed by atoms with van der Waals surface area (Å²) < 4.78 is 5.32. The summed E-state index contributed by atoms with van der Waals surface area (Å²) in [6, 6.07) is 9.88. The molecular formula is C14H14O3S. The lowest BCUT2D eigenvalue weighted by molar-refractivity contribution is 0.0659. The second-order valence-electron chi connectivity index (χ2n) is 4.08. The van der Waals surface area contributed by atoms with Gasteiger partial charge >= 0.3 is 5.97 Å². The van der Waals surface area contributed by atoms with Crippen molar-refractivity contribution >= 4 is 17.7 Å². The summed E-state index contributed by atoms with van der Waals surface area (Å²) in [4.78, 5) is 12.0. The first-order chi connectivity index (χ1) is 8.58. The van der Waals surface area contributed by atoms with Crippen LogP contribution in [0.2, 0.25) is 0 Å². The Balaban J connectivity index is 2.09. The first kappa shape index (κ1) is 12.8. The number of benzene rings is 1. The number of furan rings is 1. The third-order valence-corrected chi connectivity index (χ3v) is 3.82. The van der Waals surface area contributed by atoms with Crippen LogP contribution in [0.5, 0.6) is 0 Å². The van der Waals surface area contributed by atoms with Gasteiger partial charge in [0.25, 0.3) is 0 Å². The van der Waals surface area contributed by atoms with Crippen LogP contribution in [0.1, 0.15) is 27.4 Å². The number of thioether (sulfide) groups is 1. The molecule has 1 aromatic heterocycles. The van der Waals surface area contributed by atoms with E-state index in [1.807, 2.05) is 18.2 Å². The van der Waals surface area contributed by atoms with E-state index in [1.165, 1.54) is 10.5 Å². The molecule has 1 aromatic carbocycles. The summed E-state index contributed by atoms with van der Waals surface area (Å²) in [6.45, 7) is 3.80. The zero-order valence-corrected chi connectivity index (χ0v) is 11.1. The molecule has 0 aliphatic carbocycles. The van der Waals surface area contributed by atoms with Gasteiger partial charge in [0.15, 0.2) is 0 Å². The van der Waals surface area contributed by atoms with Crippen molar-refractivity contribution in [3.05, 3.63) is 53.0 Å². The Hall–Kier alpha value is -1.68. The minimum absolute atomic E-state index is 0.0374. The van der Waals surface area contributed by atoms with E-state index in [0.717, 1.165) is 0 Å². The SMILES string of the molecule is Cc1ccccc1SCc1cc(C)c(C(=O)O)o1. The second kappa shape index (κ2) is 5.31. The minimum atomic E-state index is -1.01. The van der Waals surface area contributed by atoms with Gasteiger partial charge in [0.05, 0.1) is 5.75 Å². The van der Waals surface area contributed by atoms with E-state index in [0.29, 0.717) is 17.1 Å². The highest BCUT2D eigenvalue weighted by atomic mass is 32.2. The van der Waals surface area contributed by atoms with Crippen LogP contribution in [-0.2, 0) is 5.75 Å². The van der Waals surface area contributed by atoms with Gasteiger partial charge in [0.2, 0.25) is 5.76 Å². The molecule has 0 aliphatic heterocycles. The fourth-order valence-electron chi connectivity index (χ4n) is 1.70. The van der Waals surface area contributed by atoms with Crippen molar-refractivity contribution in [1.82, 2.24) is 0 Å². The average molecular weight is 262 g/mol. The largest absolute Gasteiger partial charge is 0.475 e. The predicted octanol–water partition coefficient (Wildman–Crippen LogP) is 3.89. The highest BCUT2D eigenvalue weighted by molar-refractivity contribution is 7.98. The molecule has 0 radical (unpaired) electrons. The van der Waals surface area contributed by atoms with E-state index < -0.39 is 5.97 Å². The van der Waals surface area contributed by atoms with Gasteiger partial charge in [-0.1, -0.05) is 18.2 Å². The molecular weight excluding hydrogens is 248 g/mol. The van der Waals surface area contributed by atoms with Gasteiger partial charge in [0, 0.05) is 10.5 Å². The van der Waals surface area contributed by atoms with E-state index in [1.54, 1.807) is 24.8 Å². The van der Waals surface area contributed by atoms with Crippen molar-refractivity contribution < 1.29 is 14.3 Å². The molecule has 0 amide bonds. The van der Waals surface area contributed by atoms with E-state index in [-0.39, 0.29) is 5.76 Å². The molecule has 0 saturated carbocycles. The molecule has 0 spiro atoms. The molecule has 0 atom stereocenters. The number of carboxylic acids is 1. The fourth-order valence-corrected chi connectivity index (χ4v) is 2.61. The quantitative estimate of drug-likeness (QED) is 0.849. The third kappa shape index (κ3) is 2.76. The molecule has 2 aromatic rings. The third-order valence-electron chi connectivity index (χ3n) is 2.63. The number of aryl methyl sites for hydroxylation is 2. The monoisotopic (exact) mass is 262 g/mol. The summed E-state index contributed by atoms with van der Waals surface area (Å²) in [5.41, 5.74) is 1.88. The molecule has 0 aliphatic rings. The topological polar surface area (TPSA) is 50.4 Å². The number of hydrogen-bond donors (Lipinski definition) is 1. The average Bonchev–Trinajstić information content (AvgIpc) is 2.70. The standard InChI is InChI=1S/C14H14O3S/c1-9-5-3-4-6-12(9)18-8-11-7-10(2)13(17-11)14(15)16/h3-7H,8H2,1-2H3,(H,15,16). The van der Waals surface area contributed by atoms with Gasteiger partial charge in [-0.05, 0) is 31.5 Å². The second-order valence-corrected chi connectivity index (χ2v) is 5.10. The van der Waals surface area contributed by atoms with Gasteiger partial charge in [0.1, 0.15) is 5.76 Å². The Bertz CT molecular complexity index is 572. The van der Waals surface area contributed by atoms with Crippen LogP contribution in [0.25, 0.3) is 0 Å². The Morgan fingerprint density at radius 2 is 2.00 bits per heavy atom. The number of rotatable bonds is 4. The van der Waals surface area contributed by atoms with Crippen LogP contribution in [-0.4, -0.2) is 11.1 Å². The summed E-state index contributed by atoms with van der Waals surface area (Å²) in [5, 5.41) is 8.91. The van der Waals surface area contributed by atoms with Gasteiger partial charge in [-0.3, -0.25) is 0 Å². The first-order valence-corrected chi connectivity index (χ1v) is 6.57. The number of hydrogen-bond acceptors (Lipinski definition) is 3. The van der Waals surface area contributed by atoms with Crippen LogP contribution in [0.3, 0.4) is 0 Å². The maximum absolute atomic E-state index is 10.9. The molecule has 4 heteroatoms. The van der Waals surface area contributed by atoms with E-state index >= 15 is 0 Å². The highest BCUT2D eigenvalue weighted by Crippen LogP contribution is 2.27. The molecule has 0 fully saturated rings. The van der Waals surface area contributed by atoms with Crippen molar-refractivity contribution in [2.45, 2.75) is 24.5 Å². The predicted molar refractivity (Wildman–Crippen MR) is 71.1 cm³/mol. The lowest BCUT2D eigenvalue weighted by Gasteiger charge is -2.02. The van der Waals surface area contributed by atoms with Gasteiger partial charge in [-0.2, -0.15) is 0 Å². The number of carboxylic acid groups (broad SMARTS) is 1. The molecule has 0 unspecified atom stereocenters. The molecule has 2 rings (SSSR count). The summed E-state index contributed by atoms with van der Waals surface area (Å²) >= 11 is 1.65. The summed E-state index contributed by atoms with van der Waals surface area (Å²) in [7, 11) is 0. The smallest absolute Gasteiger partial charge is 0.372 e. The molecule has 94 valence electrons. The Labute approximate surface area is 110 Å². The van der Waals surface area contributed by atoms with Gasteiger partial charge < -0.3 is 9.52 Å². The Morgan fingerprint density at radius 1 is 1.28 bits per heavy atom. The van der Waals surface area contributed by atoms with E-state index in [4.69, 9.17) is 9.52 Å². The van der Waals surface area contributed by atoms with Crippen LogP contribution in [0, 0.1) is 13.8 Å². The molecule has 1 heterocycles. The van der Waals surface area contributed by atoms with E-state index in [2.05, 4.69) is 13.0 Å².